The van der Waals surface area contributed by atoms with Crippen LogP contribution in [0.15, 0.2) is 28.9 Å². The third kappa shape index (κ3) is 2.20. The van der Waals surface area contributed by atoms with Gasteiger partial charge in [0.25, 0.3) is 0 Å². The van der Waals surface area contributed by atoms with E-state index in [9.17, 15) is 4.79 Å². The Morgan fingerprint density at radius 2 is 2.25 bits per heavy atom. The minimum Gasteiger partial charge on any atom is -0.398 e. The van der Waals surface area contributed by atoms with Gasteiger partial charge in [-0.2, -0.15) is 0 Å². The van der Waals surface area contributed by atoms with Gasteiger partial charge in [0.15, 0.2) is 0 Å². The number of nitrogens with zero attached hydrogens (tertiary/aromatic N) is 2. The summed E-state index contributed by atoms with van der Waals surface area (Å²) in [4.78, 5) is 17.9. The average Bonchev–Trinajstić information content (AvgIpc) is 2.89. The number of benzene rings is 1. The van der Waals surface area contributed by atoms with Crippen molar-refractivity contribution < 1.29 is 4.79 Å². The van der Waals surface area contributed by atoms with Crippen LogP contribution in [0.4, 0.5) is 11.4 Å². The maximum atomic E-state index is 11.3. The summed E-state index contributed by atoms with van der Waals surface area (Å²) in [6.45, 7) is 1.45. The molecule has 2 aromatic rings. The number of hydrogen-bond donors (Lipinski definition) is 2. The van der Waals surface area contributed by atoms with Gasteiger partial charge >= 0.3 is 0 Å². The summed E-state index contributed by atoms with van der Waals surface area (Å²) in [5.74, 6) is -0.319. The van der Waals surface area contributed by atoms with Crippen molar-refractivity contribution in [1.82, 2.24) is 4.98 Å². The van der Waals surface area contributed by atoms with Gasteiger partial charge in [0.1, 0.15) is 0 Å². The first-order valence-corrected chi connectivity index (χ1v) is 7.23. The summed E-state index contributed by atoms with van der Waals surface area (Å²) in [6, 6.07) is 5.80. The Labute approximate surface area is 125 Å². The SMILES string of the molecule is NC(=O)C1CCN(c2ccc(N)c3cc(Br)cnc23)C1. The fourth-order valence-corrected chi connectivity index (χ4v) is 3.00. The van der Waals surface area contributed by atoms with Crippen LogP contribution in [0.3, 0.4) is 0 Å². The molecule has 1 atom stereocenters. The molecule has 0 spiro atoms. The number of carbonyl (C=O) groups excluding carboxylic acids is 1. The van der Waals surface area contributed by atoms with Crippen molar-refractivity contribution in [3.05, 3.63) is 28.9 Å². The van der Waals surface area contributed by atoms with Gasteiger partial charge < -0.3 is 16.4 Å². The molecule has 0 saturated carbocycles. The second-order valence-electron chi connectivity index (χ2n) is 5.06. The van der Waals surface area contributed by atoms with Gasteiger partial charge in [0.05, 0.1) is 17.1 Å². The number of hydrogen-bond acceptors (Lipinski definition) is 4. The van der Waals surface area contributed by atoms with Gasteiger partial charge in [-0.3, -0.25) is 9.78 Å². The molecular weight excluding hydrogens is 320 g/mol. The second kappa shape index (κ2) is 4.94. The summed E-state index contributed by atoms with van der Waals surface area (Å²) >= 11 is 3.41. The zero-order valence-corrected chi connectivity index (χ0v) is 12.4. The number of aromatic nitrogens is 1. The molecule has 1 aliphatic heterocycles. The fraction of sp³-hybridized carbons (Fsp3) is 0.286. The Kier molecular flexibility index (Phi) is 3.25. The molecule has 1 unspecified atom stereocenters. The molecular formula is C14H15BrN4O. The highest BCUT2D eigenvalue weighted by Gasteiger charge is 2.28. The van der Waals surface area contributed by atoms with Gasteiger partial charge in [-0.15, -0.1) is 0 Å². The van der Waals surface area contributed by atoms with E-state index in [4.69, 9.17) is 11.5 Å². The third-order valence-electron chi connectivity index (χ3n) is 3.76. The average molecular weight is 335 g/mol. The Bertz CT molecular complexity index is 688. The van der Waals surface area contributed by atoms with Crippen LogP contribution in [0.2, 0.25) is 0 Å². The highest BCUT2D eigenvalue weighted by molar-refractivity contribution is 9.10. The van der Waals surface area contributed by atoms with Gasteiger partial charge in [0, 0.05) is 34.8 Å². The van der Waals surface area contributed by atoms with Crippen molar-refractivity contribution in [2.45, 2.75) is 6.42 Å². The number of primary amides is 1. The van der Waals surface area contributed by atoms with E-state index in [0.717, 1.165) is 34.0 Å². The molecule has 104 valence electrons. The lowest BCUT2D eigenvalue weighted by Crippen LogP contribution is -2.27. The molecule has 1 amide bonds. The molecule has 0 aliphatic carbocycles. The van der Waals surface area contributed by atoms with Crippen LogP contribution in [0.5, 0.6) is 0 Å². The largest absolute Gasteiger partial charge is 0.398 e. The Hall–Kier alpha value is -1.82. The van der Waals surface area contributed by atoms with Crippen LogP contribution in [-0.2, 0) is 4.79 Å². The van der Waals surface area contributed by atoms with Crippen molar-refractivity contribution in [3.63, 3.8) is 0 Å². The van der Waals surface area contributed by atoms with E-state index in [2.05, 4.69) is 25.8 Å². The highest BCUT2D eigenvalue weighted by Crippen LogP contribution is 2.33. The predicted molar refractivity (Wildman–Crippen MR) is 83.4 cm³/mol. The predicted octanol–water partition coefficient (Wildman–Crippen LogP) is 1.89. The molecule has 1 saturated heterocycles. The quantitative estimate of drug-likeness (QED) is 0.821. The van der Waals surface area contributed by atoms with Gasteiger partial charge in [-0.1, -0.05) is 0 Å². The molecule has 6 heteroatoms. The van der Waals surface area contributed by atoms with Crippen molar-refractivity contribution in [2.24, 2.45) is 11.7 Å². The van der Waals surface area contributed by atoms with Crippen LogP contribution >= 0.6 is 15.9 Å². The molecule has 1 aromatic heterocycles. The van der Waals surface area contributed by atoms with E-state index < -0.39 is 0 Å². The second-order valence-corrected chi connectivity index (χ2v) is 5.97. The number of fused-ring (bicyclic) bond motifs is 1. The van der Waals surface area contributed by atoms with Crippen LogP contribution in [0.1, 0.15) is 6.42 Å². The molecule has 2 heterocycles. The maximum Gasteiger partial charge on any atom is 0.222 e. The Balaban J connectivity index is 2.05. The maximum absolute atomic E-state index is 11.3. The summed E-state index contributed by atoms with van der Waals surface area (Å²) in [5, 5.41) is 0.916. The number of halogens is 1. The minimum atomic E-state index is -0.233. The summed E-state index contributed by atoms with van der Waals surface area (Å²) in [5.41, 5.74) is 14.0. The molecule has 4 N–H and O–H groups in total. The topological polar surface area (TPSA) is 85.2 Å². The minimum absolute atomic E-state index is 0.0851. The lowest BCUT2D eigenvalue weighted by atomic mass is 10.1. The molecule has 1 aliphatic rings. The van der Waals surface area contributed by atoms with Crippen LogP contribution in [-0.4, -0.2) is 24.0 Å². The lowest BCUT2D eigenvalue weighted by molar-refractivity contribution is -0.121. The first-order valence-electron chi connectivity index (χ1n) is 6.44. The van der Waals surface area contributed by atoms with Crippen molar-refractivity contribution >= 4 is 44.1 Å². The van der Waals surface area contributed by atoms with E-state index in [1.54, 1.807) is 6.20 Å². The first kappa shape index (κ1) is 13.2. The lowest BCUT2D eigenvalue weighted by Gasteiger charge is -2.20. The molecule has 20 heavy (non-hydrogen) atoms. The Morgan fingerprint density at radius 3 is 2.95 bits per heavy atom. The number of nitrogen functional groups attached to an aromatic ring is 1. The van der Waals surface area contributed by atoms with Crippen molar-refractivity contribution in [3.8, 4) is 0 Å². The molecule has 0 radical (unpaired) electrons. The number of nitrogens with two attached hydrogens (primary N) is 2. The van der Waals surface area contributed by atoms with Gasteiger partial charge in [-0.25, -0.2) is 0 Å². The van der Waals surface area contributed by atoms with Crippen molar-refractivity contribution in [2.75, 3.05) is 23.7 Å². The zero-order valence-electron chi connectivity index (χ0n) is 10.8. The summed E-state index contributed by atoms with van der Waals surface area (Å²) < 4.78 is 0.894. The van der Waals surface area contributed by atoms with Crippen LogP contribution < -0.4 is 16.4 Å². The Morgan fingerprint density at radius 1 is 1.45 bits per heavy atom. The molecule has 5 nitrogen and oxygen atoms in total. The van der Waals surface area contributed by atoms with Gasteiger partial charge in [0.2, 0.25) is 5.91 Å². The fourth-order valence-electron chi connectivity index (χ4n) is 2.67. The monoisotopic (exact) mass is 334 g/mol. The number of pyridine rings is 1. The number of anilines is 2. The molecule has 1 fully saturated rings. The highest BCUT2D eigenvalue weighted by atomic mass is 79.9. The van der Waals surface area contributed by atoms with E-state index in [-0.39, 0.29) is 11.8 Å². The van der Waals surface area contributed by atoms with E-state index in [0.29, 0.717) is 12.2 Å². The molecule has 3 rings (SSSR count). The number of amides is 1. The normalized spacial score (nSPS) is 18.6. The van der Waals surface area contributed by atoms with Crippen molar-refractivity contribution in [1.29, 1.82) is 0 Å². The molecule has 1 aromatic carbocycles. The standard InChI is InChI=1S/C14H15BrN4O/c15-9-5-10-11(16)1-2-12(13(10)18-6-9)19-4-3-8(7-19)14(17)20/h1-2,5-6,8H,3-4,7,16H2,(H2,17,20). The van der Waals surface area contributed by atoms with E-state index in [1.807, 2.05) is 18.2 Å². The van der Waals surface area contributed by atoms with Crippen LogP contribution in [0.25, 0.3) is 10.9 Å². The smallest absolute Gasteiger partial charge is 0.222 e. The van der Waals surface area contributed by atoms with E-state index in [1.165, 1.54) is 0 Å². The van der Waals surface area contributed by atoms with Crippen LogP contribution in [0, 0.1) is 5.92 Å². The van der Waals surface area contributed by atoms with Gasteiger partial charge in [-0.05, 0) is 40.5 Å². The van der Waals surface area contributed by atoms with E-state index >= 15 is 0 Å². The zero-order chi connectivity index (χ0) is 14.3. The summed E-state index contributed by atoms with van der Waals surface area (Å²) in [7, 11) is 0. The first-order chi connectivity index (χ1) is 9.56. The molecule has 0 bridgehead atoms. The number of rotatable bonds is 2. The number of carbonyl (C=O) groups is 1. The summed E-state index contributed by atoms with van der Waals surface area (Å²) in [6.07, 6.45) is 2.55. The third-order valence-corrected chi connectivity index (χ3v) is 4.19.